The molecule has 1 atom stereocenters. The average molecular weight is 354 g/mol. The molecule has 1 N–H and O–H groups in total. The van der Waals surface area contributed by atoms with Crippen molar-refractivity contribution in [3.63, 3.8) is 0 Å². The van der Waals surface area contributed by atoms with Crippen molar-refractivity contribution in [2.24, 2.45) is 0 Å². The second-order valence-corrected chi connectivity index (χ2v) is 6.21. The maximum absolute atomic E-state index is 12.7. The van der Waals surface area contributed by atoms with E-state index in [-0.39, 0.29) is 11.9 Å². The van der Waals surface area contributed by atoms with E-state index in [0.717, 1.165) is 16.8 Å². The van der Waals surface area contributed by atoms with Gasteiger partial charge < -0.3 is 15.0 Å². The number of hydrogen-bond donors (Lipinski definition) is 1. The van der Waals surface area contributed by atoms with Crippen molar-refractivity contribution in [3.8, 4) is 0 Å². The molecule has 3 rings (SSSR count). The molecule has 1 heterocycles. The lowest BCUT2D eigenvalue weighted by Gasteiger charge is -2.14. The van der Waals surface area contributed by atoms with Gasteiger partial charge in [-0.2, -0.15) is 0 Å². The van der Waals surface area contributed by atoms with Gasteiger partial charge >= 0.3 is 5.97 Å². The number of ether oxygens (including phenoxy) is 1. The number of benzene rings is 2. The number of methoxy groups -OCH3 is 1. The zero-order valence-electron chi connectivity index (χ0n) is 14.0. The molecule has 0 saturated heterocycles. The SMILES string of the molecule is COC(=O)c1ccc(CNC(=O)C2C(=S)N(C)c3ccccc32)cc1. The minimum atomic E-state index is -0.453. The zero-order valence-corrected chi connectivity index (χ0v) is 14.8. The second-order valence-electron chi connectivity index (χ2n) is 5.80. The van der Waals surface area contributed by atoms with Crippen LogP contribution in [0.2, 0.25) is 0 Å². The average Bonchev–Trinajstić information content (AvgIpc) is 2.90. The summed E-state index contributed by atoms with van der Waals surface area (Å²) in [5, 5.41) is 2.93. The number of para-hydroxylation sites is 1. The van der Waals surface area contributed by atoms with E-state index >= 15 is 0 Å². The summed E-state index contributed by atoms with van der Waals surface area (Å²) in [6.45, 7) is 0.366. The van der Waals surface area contributed by atoms with Crippen molar-refractivity contribution >= 4 is 34.8 Å². The summed E-state index contributed by atoms with van der Waals surface area (Å²) >= 11 is 5.45. The van der Waals surface area contributed by atoms with Gasteiger partial charge in [-0.05, 0) is 29.3 Å². The molecule has 2 aromatic rings. The monoisotopic (exact) mass is 354 g/mol. The third-order valence-corrected chi connectivity index (χ3v) is 4.80. The van der Waals surface area contributed by atoms with E-state index in [1.165, 1.54) is 7.11 Å². The van der Waals surface area contributed by atoms with Gasteiger partial charge in [0, 0.05) is 19.3 Å². The van der Waals surface area contributed by atoms with Crippen LogP contribution in [0.25, 0.3) is 0 Å². The molecule has 25 heavy (non-hydrogen) atoms. The third kappa shape index (κ3) is 3.25. The van der Waals surface area contributed by atoms with Crippen LogP contribution in [0.4, 0.5) is 5.69 Å². The molecule has 1 unspecified atom stereocenters. The van der Waals surface area contributed by atoms with E-state index in [1.807, 2.05) is 36.2 Å². The van der Waals surface area contributed by atoms with E-state index in [1.54, 1.807) is 24.3 Å². The van der Waals surface area contributed by atoms with Crippen LogP contribution < -0.4 is 10.2 Å². The Morgan fingerprint density at radius 3 is 2.52 bits per heavy atom. The number of rotatable bonds is 4. The number of nitrogens with one attached hydrogen (secondary N) is 1. The van der Waals surface area contributed by atoms with Crippen LogP contribution in [-0.2, 0) is 16.1 Å². The van der Waals surface area contributed by atoms with Gasteiger partial charge in [0.25, 0.3) is 0 Å². The summed E-state index contributed by atoms with van der Waals surface area (Å²) in [5.74, 6) is -0.962. The minimum absolute atomic E-state index is 0.126. The smallest absolute Gasteiger partial charge is 0.337 e. The molecule has 0 bridgehead atoms. The first-order chi connectivity index (χ1) is 12.0. The van der Waals surface area contributed by atoms with Gasteiger partial charge in [-0.3, -0.25) is 4.79 Å². The lowest BCUT2D eigenvalue weighted by atomic mass is 10.0. The molecule has 0 aromatic heterocycles. The van der Waals surface area contributed by atoms with Crippen LogP contribution in [0.3, 0.4) is 0 Å². The van der Waals surface area contributed by atoms with Crippen LogP contribution in [0.15, 0.2) is 48.5 Å². The van der Waals surface area contributed by atoms with Crippen molar-refractivity contribution in [2.75, 3.05) is 19.1 Å². The fraction of sp³-hybridized carbons (Fsp3) is 0.211. The summed E-state index contributed by atoms with van der Waals surface area (Å²) in [5.41, 5.74) is 3.26. The molecule has 1 aliphatic heterocycles. The maximum atomic E-state index is 12.7. The highest BCUT2D eigenvalue weighted by atomic mass is 32.1. The number of fused-ring (bicyclic) bond motifs is 1. The van der Waals surface area contributed by atoms with Gasteiger partial charge in [0.1, 0.15) is 5.92 Å². The summed E-state index contributed by atoms with van der Waals surface area (Å²) < 4.78 is 4.67. The Morgan fingerprint density at radius 1 is 1.16 bits per heavy atom. The Kier molecular flexibility index (Phi) is 4.81. The second kappa shape index (κ2) is 7.03. The Hall–Kier alpha value is -2.73. The van der Waals surface area contributed by atoms with Gasteiger partial charge in [0.15, 0.2) is 0 Å². The molecule has 0 saturated carbocycles. The third-order valence-electron chi connectivity index (χ3n) is 4.29. The van der Waals surface area contributed by atoms with Gasteiger partial charge in [-0.25, -0.2) is 4.79 Å². The maximum Gasteiger partial charge on any atom is 0.337 e. The quantitative estimate of drug-likeness (QED) is 0.676. The first kappa shape index (κ1) is 17.1. The number of esters is 1. The summed E-state index contributed by atoms with van der Waals surface area (Å²) in [7, 11) is 3.22. The standard InChI is InChI=1S/C19H18N2O3S/c1-21-15-6-4-3-5-14(15)16(18(21)25)17(22)20-11-12-7-9-13(10-8-12)19(23)24-2/h3-10,16H,11H2,1-2H3,(H,20,22). The van der Waals surface area contributed by atoms with Crippen molar-refractivity contribution in [1.82, 2.24) is 5.32 Å². The van der Waals surface area contributed by atoms with Gasteiger partial charge in [-0.1, -0.05) is 42.5 Å². The highest BCUT2D eigenvalue weighted by molar-refractivity contribution is 7.80. The van der Waals surface area contributed by atoms with Crippen LogP contribution in [0.1, 0.15) is 27.4 Å². The fourth-order valence-electron chi connectivity index (χ4n) is 2.90. The molecular formula is C19H18N2O3S. The Bertz CT molecular complexity index is 833. The highest BCUT2D eigenvalue weighted by Crippen LogP contribution is 2.37. The van der Waals surface area contributed by atoms with Gasteiger partial charge in [0.05, 0.1) is 17.7 Å². The van der Waals surface area contributed by atoms with Crippen molar-refractivity contribution in [2.45, 2.75) is 12.5 Å². The summed E-state index contributed by atoms with van der Waals surface area (Å²) in [6, 6.07) is 14.7. The molecule has 2 aromatic carbocycles. The van der Waals surface area contributed by atoms with Crippen LogP contribution >= 0.6 is 12.2 Å². The van der Waals surface area contributed by atoms with E-state index < -0.39 is 5.92 Å². The van der Waals surface area contributed by atoms with E-state index in [2.05, 4.69) is 10.1 Å². The number of hydrogen-bond acceptors (Lipinski definition) is 4. The van der Waals surface area contributed by atoms with Crippen LogP contribution in [-0.4, -0.2) is 31.0 Å². The first-order valence-electron chi connectivity index (χ1n) is 7.84. The topological polar surface area (TPSA) is 58.6 Å². The van der Waals surface area contributed by atoms with Crippen molar-refractivity contribution in [3.05, 3.63) is 65.2 Å². The molecule has 128 valence electrons. The largest absolute Gasteiger partial charge is 0.465 e. The number of anilines is 1. The number of thiocarbonyl (C=S) groups is 1. The Morgan fingerprint density at radius 2 is 1.84 bits per heavy atom. The lowest BCUT2D eigenvalue weighted by molar-refractivity contribution is -0.121. The molecule has 0 spiro atoms. The normalized spacial score (nSPS) is 15.7. The Balaban J connectivity index is 1.69. The first-order valence-corrected chi connectivity index (χ1v) is 8.25. The van der Waals surface area contributed by atoms with Gasteiger partial charge in [0.2, 0.25) is 5.91 Å². The number of likely N-dealkylation sites (N-methyl/N-ethyl adjacent to an activating group) is 1. The molecule has 5 nitrogen and oxygen atoms in total. The summed E-state index contributed by atoms with van der Waals surface area (Å²) in [6.07, 6.45) is 0. The fourth-order valence-corrected chi connectivity index (χ4v) is 3.24. The van der Waals surface area contributed by atoms with E-state index in [4.69, 9.17) is 12.2 Å². The van der Waals surface area contributed by atoms with Crippen LogP contribution in [0, 0.1) is 0 Å². The predicted octanol–water partition coefficient (Wildman–Crippen LogP) is 2.65. The predicted molar refractivity (Wildman–Crippen MR) is 99.8 cm³/mol. The number of carbonyl (C=O) groups is 2. The molecule has 1 amide bonds. The molecule has 0 radical (unpaired) electrons. The number of nitrogens with zero attached hydrogens (tertiary/aromatic N) is 1. The highest BCUT2D eigenvalue weighted by Gasteiger charge is 2.36. The van der Waals surface area contributed by atoms with E-state index in [9.17, 15) is 9.59 Å². The molecular weight excluding hydrogens is 336 g/mol. The summed E-state index contributed by atoms with van der Waals surface area (Å²) in [4.78, 5) is 26.6. The number of amides is 1. The molecule has 1 aliphatic rings. The number of carbonyl (C=O) groups excluding carboxylic acids is 2. The van der Waals surface area contributed by atoms with E-state index in [0.29, 0.717) is 17.1 Å². The Labute approximate surface area is 151 Å². The van der Waals surface area contributed by atoms with Crippen molar-refractivity contribution in [1.29, 1.82) is 0 Å². The molecule has 6 heteroatoms. The van der Waals surface area contributed by atoms with Crippen molar-refractivity contribution < 1.29 is 14.3 Å². The minimum Gasteiger partial charge on any atom is -0.465 e. The van der Waals surface area contributed by atoms with Gasteiger partial charge in [-0.15, -0.1) is 0 Å². The lowest BCUT2D eigenvalue weighted by Crippen LogP contribution is -2.34. The molecule has 0 fully saturated rings. The zero-order chi connectivity index (χ0) is 18.0. The van der Waals surface area contributed by atoms with Crippen LogP contribution in [0.5, 0.6) is 0 Å². The molecule has 0 aliphatic carbocycles.